The summed E-state index contributed by atoms with van der Waals surface area (Å²) in [6.45, 7) is 3.11. The molecular weight excluding hydrogens is 275 g/mol. The number of nitrogens with two attached hydrogens (primary N) is 1. The van der Waals surface area contributed by atoms with Crippen LogP contribution in [0.15, 0.2) is 18.2 Å². The van der Waals surface area contributed by atoms with Gasteiger partial charge in [-0.3, -0.25) is 9.59 Å². The van der Waals surface area contributed by atoms with Crippen molar-refractivity contribution < 1.29 is 18.7 Å². The van der Waals surface area contributed by atoms with Gasteiger partial charge >= 0.3 is 5.97 Å². The minimum atomic E-state index is -0.535. The Hall–Kier alpha value is -2.11. The van der Waals surface area contributed by atoms with E-state index in [0.717, 1.165) is 0 Å². The van der Waals surface area contributed by atoms with Crippen molar-refractivity contribution in [2.75, 3.05) is 25.4 Å². The van der Waals surface area contributed by atoms with E-state index in [0.29, 0.717) is 38.1 Å². The summed E-state index contributed by atoms with van der Waals surface area (Å²) >= 11 is 0. The van der Waals surface area contributed by atoms with E-state index in [-0.39, 0.29) is 23.5 Å². The number of nitrogens with zero attached hydrogens (tertiary/aromatic N) is 1. The fraction of sp³-hybridized carbons (Fsp3) is 0.467. The monoisotopic (exact) mass is 294 g/mol. The van der Waals surface area contributed by atoms with Crippen molar-refractivity contribution in [3.05, 3.63) is 29.6 Å². The Labute approximate surface area is 122 Å². The molecule has 0 atom stereocenters. The Morgan fingerprint density at radius 3 is 2.62 bits per heavy atom. The van der Waals surface area contributed by atoms with Crippen LogP contribution in [-0.4, -0.2) is 36.5 Å². The molecule has 114 valence electrons. The lowest BCUT2D eigenvalue weighted by Gasteiger charge is -2.31. The standard InChI is InChI=1S/C15H19FN2O3/c1-2-21-15(20)10-5-7-18(8-6-10)14(19)11-3-4-12(16)13(17)9-11/h3-4,9-10H,2,5-8,17H2,1H3. The number of likely N-dealkylation sites (tertiary alicyclic amines) is 1. The van der Waals surface area contributed by atoms with Gasteiger partial charge in [-0.25, -0.2) is 4.39 Å². The van der Waals surface area contributed by atoms with Crippen LogP contribution in [0.2, 0.25) is 0 Å². The number of halogens is 1. The number of amides is 1. The summed E-state index contributed by atoms with van der Waals surface area (Å²) in [5.41, 5.74) is 5.80. The van der Waals surface area contributed by atoms with E-state index in [2.05, 4.69) is 0 Å². The molecule has 2 N–H and O–H groups in total. The first-order valence-electron chi connectivity index (χ1n) is 7.04. The summed E-state index contributed by atoms with van der Waals surface area (Å²) in [7, 11) is 0. The average Bonchev–Trinajstić information content (AvgIpc) is 2.50. The molecule has 1 aromatic rings. The maximum Gasteiger partial charge on any atom is 0.309 e. The maximum absolute atomic E-state index is 13.1. The van der Waals surface area contributed by atoms with E-state index >= 15 is 0 Å². The number of benzene rings is 1. The molecule has 1 aliphatic rings. The predicted octanol–water partition coefficient (Wildman–Crippen LogP) is 1.82. The van der Waals surface area contributed by atoms with Crippen molar-refractivity contribution in [1.29, 1.82) is 0 Å². The third kappa shape index (κ3) is 3.51. The topological polar surface area (TPSA) is 72.6 Å². The predicted molar refractivity (Wildman–Crippen MR) is 76.1 cm³/mol. The zero-order chi connectivity index (χ0) is 15.4. The highest BCUT2D eigenvalue weighted by Gasteiger charge is 2.28. The van der Waals surface area contributed by atoms with Crippen molar-refractivity contribution in [2.45, 2.75) is 19.8 Å². The minimum absolute atomic E-state index is 0.0396. The van der Waals surface area contributed by atoms with E-state index < -0.39 is 5.82 Å². The molecule has 2 rings (SSSR count). The van der Waals surface area contributed by atoms with Crippen LogP contribution in [0.25, 0.3) is 0 Å². The molecule has 1 amide bonds. The largest absolute Gasteiger partial charge is 0.466 e. The average molecular weight is 294 g/mol. The Morgan fingerprint density at radius 2 is 2.05 bits per heavy atom. The minimum Gasteiger partial charge on any atom is -0.466 e. The molecular formula is C15H19FN2O3. The van der Waals surface area contributed by atoms with Gasteiger partial charge in [0.25, 0.3) is 5.91 Å². The third-order valence-corrected chi connectivity index (χ3v) is 3.65. The van der Waals surface area contributed by atoms with Crippen LogP contribution < -0.4 is 5.73 Å². The summed E-state index contributed by atoms with van der Waals surface area (Å²) in [6.07, 6.45) is 1.17. The number of nitrogen functional groups attached to an aromatic ring is 1. The van der Waals surface area contributed by atoms with Gasteiger partial charge in [0.15, 0.2) is 0 Å². The summed E-state index contributed by atoms with van der Waals surface area (Å²) in [4.78, 5) is 25.6. The molecule has 1 aliphatic heterocycles. The summed E-state index contributed by atoms with van der Waals surface area (Å²) in [5.74, 6) is -1.07. The smallest absolute Gasteiger partial charge is 0.309 e. The number of carbonyl (C=O) groups is 2. The molecule has 1 saturated heterocycles. The first kappa shape index (κ1) is 15.3. The fourth-order valence-corrected chi connectivity index (χ4v) is 2.44. The van der Waals surface area contributed by atoms with Crippen molar-refractivity contribution in [3.63, 3.8) is 0 Å². The number of hydrogen-bond acceptors (Lipinski definition) is 4. The van der Waals surface area contributed by atoms with Crippen LogP contribution in [0.3, 0.4) is 0 Å². The normalized spacial score (nSPS) is 15.8. The molecule has 0 spiro atoms. The van der Waals surface area contributed by atoms with Crippen molar-refractivity contribution in [3.8, 4) is 0 Å². The molecule has 21 heavy (non-hydrogen) atoms. The highest BCUT2D eigenvalue weighted by molar-refractivity contribution is 5.95. The molecule has 6 heteroatoms. The zero-order valence-electron chi connectivity index (χ0n) is 12.0. The Bertz CT molecular complexity index is 540. The van der Waals surface area contributed by atoms with E-state index in [4.69, 9.17) is 10.5 Å². The van der Waals surface area contributed by atoms with Gasteiger partial charge in [-0.1, -0.05) is 0 Å². The van der Waals surface area contributed by atoms with Gasteiger partial charge in [-0.15, -0.1) is 0 Å². The second-order valence-corrected chi connectivity index (χ2v) is 5.05. The highest BCUT2D eigenvalue weighted by atomic mass is 19.1. The molecule has 0 bridgehead atoms. The molecule has 1 heterocycles. The SMILES string of the molecule is CCOC(=O)C1CCN(C(=O)c2ccc(F)c(N)c2)CC1. The molecule has 0 aromatic heterocycles. The van der Waals surface area contributed by atoms with E-state index in [9.17, 15) is 14.0 Å². The highest BCUT2D eigenvalue weighted by Crippen LogP contribution is 2.21. The van der Waals surface area contributed by atoms with E-state index in [1.807, 2.05) is 0 Å². The quantitative estimate of drug-likeness (QED) is 0.682. The van der Waals surface area contributed by atoms with Gasteiger partial charge < -0.3 is 15.4 Å². The van der Waals surface area contributed by atoms with Crippen LogP contribution >= 0.6 is 0 Å². The van der Waals surface area contributed by atoms with Crippen molar-refractivity contribution in [1.82, 2.24) is 4.90 Å². The number of esters is 1. The molecule has 0 saturated carbocycles. The number of anilines is 1. The second kappa shape index (κ2) is 6.56. The van der Waals surface area contributed by atoms with Gasteiger partial charge in [0.1, 0.15) is 5.82 Å². The lowest BCUT2D eigenvalue weighted by Crippen LogP contribution is -2.40. The van der Waals surface area contributed by atoms with Gasteiger partial charge in [-0.2, -0.15) is 0 Å². The fourth-order valence-electron chi connectivity index (χ4n) is 2.44. The first-order chi connectivity index (χ1) is 10.0. The van der Waals surface area contributed by atoms with Crippen LogP contribution in [0.1, 0.15) is 30.1 Å². The number of carbonyl (C=O) groups excluding carboxylic acids is 2. The van der Waals surface area contributed by atoms with Gasteiger partial charge in [-0.05, 0) is 38.0 Å². The Kier molecular flexibility index (Phi) is 4.77. The zero-order valence-corrected chi connectivity index (χ0v) is 12.0. The van der Waals surface area contributed by atoms with Crippen LogP contribution in [0.4, 0.5) is 10.1 Å². The molecule has 1 aromatic carbocycles. The molecule has 0 unspecified atom stereocenters. The van der Waals surface area contributed by atoms with Crippen LogP contribution in [0, 0.1) is 11.7 Å². The summed E-state index contributed by atoms with van der Waals surface area (Å²) in [5, 5.41) is 0. The first-order valence-corrected chi connectivity index (χ1v) is 7.04. The van der Waals surface area contributed by atoms with Crippen LogP contribution in [-0.2, 0) is 9.53 Å². The number of hydrogen-bond donors (Lipinski definition) is 1. The van der Waals surface area contributed by atoms with Gasteiger partial charge in [0.05, 0.1) is 18.2 Å². The molecule has 5 nitrogen and oxygen atoms in total. The van der Waals surface area contributed by atoms with E-state index in [1.54, 1.807) is 11.8 Å². The number of piperidine rings is 1. The Morgan fingerprint density at radius 1 is 1.38 bits per heavy atom. The van der Waals surface area contributed by atoms with Gasteiger partial charge in [0.2, 0.25) is 0 Å². The lowest BCUT2D eigenvalue weighted by molar-refractivity contribution is -0.149. The Balaban J connectivity index is 1.97. The van der Waals surface area contributed by atoms with E-state index in [1.165, 1.54) is 18.2 Å². The lowest BCUT2D eigenvalue weighted by atomic mass is 9.96. The van der Waals surface area contributed by atoms with Crippen LogP contribution in [0.5, 0.6) is 0 Å². The third-order valence-electron chi connectivity index (χ3n) is 3.65. The number of rotatable bonds is 3. The van der Waals surface area contributed by atoms with Crippen molar-refractivity contribution in [2.24, 2.45) is 5.92 Å². The maximum atomic E-state index is 13.1. The molecule has 0 radical (unpaired) electrons. The number of ether oxygens (including phenoxy) is 1. The molecule has 0 aliphatic carbocycles. The summed E-state index contributed by atoms with van der Waals surface area (Å²) in [6, 6.07) is 3.95. The summed E-state index contributed by atoms with van der Waals surface area (Å²) < 4.78 is 18.1. The van der Waals surface area contributed by atoms with Gasteiger partial charge in [0, 0.05) is 18.7 Å². The van der Waals surface area contributed by atoms with Crippen molar-refractivity contribution >= 4 is 17.6 Å². The second-order valence-electron chi connectivity index (χ2n) is 5.05. The molecule has 1 fully saturated rings.